The maximum atomic E-state index is 12.5. The molecule has 26 heavy (non-hydrogen) atoms. The number of ether oxygens (including phenoxy) is 3. The molecule has 1 aromatic rings. The number of carbonyl (C=O) groups excluding carboxylic acids is 3. The van der Waals surface area contributed by atoms with E-state index in [2.05, 4.69) is 5.32 Å². The van der Waals surface area contributed by atoms with Gasteiger partial charge < -0.3 is 19.5 Å². The molecule has 0 aliphatic heterocycles. The van der Waals surface area contributed by atoms with Crippen LogP contribution in [0.4, 0.5) is 4.79 Å². The van der Waals surface area contributed by atoms with Crippen LogP contribution in [0.25, 0.3) is 0 Å². The number of amides is 1. The molecule has 0 saturated carbocycles. The van der Waals surface area contributed by atoms with Crippen LogP contribution in [0.1, 0.15) is 40.2 Å². The Kier molecular flexibility index (Phi) is 7.18. The second-order valence-corrected chi connectivity index (χ2v) is 7.39. The Hall–Kier alpha value is -2.57. The van der Waals surface area contributed by atoms with Crippen LogP contribution >= 0.6 is 0 Å². The van der Waals surface area contributed by atoms with Crippen molar-refractivity contribution in [1.29, 1.82) is 0 Å². The summed E-state index contributed by atoms with van der Waals surface area (Å²) in [7, 11) is 1.18. The van der Waals surface area contributed by atoms with E-state index in [0.717, 1.165) is 5.56 Å². The Morgan fingerprint density at radius 3 is 2.12 bits per heavy atom. The summed E-state index contributed by atoms with van der Waals surface area (Å²) in [4.78, 5) is 36.7. The van der Waals surface area contributed by atoms with E-state index in [9.17, 15) is 14.4 Å². The molecular weight excluding hydrogens is 338 g/mol. The number of methoxy groups -OCH3 is 1. The van der Waals surface area contributed by atoms with Crippen LogP contribution in [0.3, 0.4) is 0 Å². The molecule has 1 unspecified atom stereocenters. The van der Waals surface area contributed by atoms with Crippen LogP contribution in [0, 0.1) is 5.41 Å². The van der Waals surface area contributed by atoms with Gasteiger partial charge in [0.15, 0.2) is 0 Å². The van der Waals surface area contributed by atoms with E-state index < -0.39 is 35.1 Å². The van der Waals surface area contributed by atoms with Gasteiger partial charge in [0.1, 0.15) is 18.2 Å². The van der Waals surface area contributed by atoms with Crippen LogP contribution in [0.5, 0.6) is 0 Å². The highest BCUT2D eigenvalue weighted by Crippen LogP contribution is 2.25. The molecule has 1 amide bonds. The maximum Gasteiger partial charge on any atom is 0.408 e. The fourth-order valence-corrected chi connectivity index (χ4v) is 2.10. The van der Waals surface area contributed by atoms with Crippen LogP contribution in [0.15, 0.2) is 30.3 Å². The van der Waals surface area contributed by atoms with Gasteiger partial charge in [0, 0.05) is 0 Å². The van der Waals surface area contributed by atoms with Gasteiger partial charge in [-0.05, 0) is 40.2 Å². The van der Waals surface area contributed by atoms with Crippen molar-refractivity contribution in [3.05, 3.63) is 35.9 Å². The first-order valence-corrected chi connectivity index (χ1v) is 8.26. The minimum absolute atomic E-state index is 0.0590. The van der Waals surface area contributed by atoms with Crippen molar-refractivity contribution in [2.45, 2.75) is 52.9 Å². The Labute approximate surface area is 154 Å². The van der Waals surface area contributed by atoms with Crippen LogP contribution in [-0.2, 0) is 30.4 Å². The number of esters is 2. The summed E-state index contributed by atoms with van der Waals surface area (Å²) in [6.45, 7) is 8.14. The van der Waals surface area contributed by atoms with E-state index in [0.29, 0.717) is 0 Å². The molecule has 0 aliphatic rings. The zero-order valence-electron chi connectivity index (χ0n) is 16.1. The first kappa shape index (κ1) is 21.5. The highest BCUT2D eigenvalue weighted by atomic mass is 16.6. The van der Waals surface area contributed by atoms with E-state index in [4.69, 9.17) is 14.2 Å². The van der Waals surface area contributed by atoms with E-state index in [-0.39, 0.29) is 6.61 Å². The summed E-state index contributed by atoms with van der Waals surface area (Å²) in [5, 5.41) is 2.41. The van der Waals surface area contributed by atoms with Crippen LogP contribution in [0.2, 0.25) is 0 Å². The number of rotatable bonds is 6. The van der Waals surface area contributed by atoms with Crippen LogP contribution < -0.4 is 5.32 Å². The lowest BCUT2D eigenvalue weighted by molar-refractivity contribution is -0.163. The molecule has 0 saturated heterocycles. The van der Waals surface area contributed by atoms with E-state index in [1.54, 1.807) is 20.8 Å². The van der Waals surface area contributed by atoms with Crippen molar-refractivity contribution in [2.24, 2.45) is 5.41 Å². The van der Waals surface area contributed by atoms with Crippen molar-refractivity contribution in [2.75, 3.05) is 7.11 Å². The topological polar surface area (TPSA) is 90.9 Å². The third-order valence-corrected chi connectivity index (χ3v) is 3.56. The second-order valence-electron chi connectivity index (χ2n) is 7.39. The van der Waals surface area contributed by atoms with Gasteiger partial charge in [0.05, 0.1) is 12.5 Å². The second kappa shape index (κ2) is 8.69. The number of hydrogen-bond acceptors (Lipinski definition) is 6. The minimum atomic E-state index is -1.36. The molecule has 1 aromatic carbocycles. The number of alkyl carbamates (subject to hydrolysis) is 1. The number of nitrogens with one attached hydrogen (secondary N) is 1. The zero-order chi connectivity index (χ0) is 20.0. The molecule has 0 aromatic heterocycles. The number of carbonyl (C=O) groups is 3. The Balaban J connectivity index is 2.87. The fraction of sp³-hybridized carbons (Fsp3) is 0.526. The van der Waals surface area contributed by atoms with Gasteiger partial charge >= 0.3 is 18.0 Å². The molecule has 0 bridgehead atoms. The normalized spacial score (nSPS) is 12.7. The first-order valence-electron chi connectivity index (χ1n) is 8.26. The van der Waals surface area contributed by atoms with E-state index in [1.807, 2.05) is 30.3 Å². The highest BCUT2D eigenvalue weighted by Gasteiger charge is 2.45. The molecule has 7 nitrogen and oxygen atoms in total. The van der Waals surface area contributed by atoms with Crippen molar-refractivity contribution in [3.8, 4) is 0 Å². The Morgan fingerprint density at radius 1 is 1.04 bits per heavy atom. The van der Waals surface area contributed by atoms with Gasteiger partial charge in [0.25, 0.3) is 0 Å². The SMILES string of the molecule is COC(=O)C(NC(=O)OC(C)(C)C)C(C)(C)C(=O)OCc1ccccc1. The van der Waals surface area contributed by atoms with E-state index in [1.165, 1.54) is 21.0 Å². The third-order valence-electron chi connectivity index (χ3n) is 3.56. The van der Waals surface area contributed by atoms with Crippen molar-refractivity contribution in [3.63, 3.8) is 0 Å². The fourth-order valence-electron chi connectivity index (χ4n) is 2.10. The first-order chi connectivity index (χ1) is 12.0. The standard InChI is InChI=1S/C19H27NO6/c1-18(2,3)26-17(23)20-14(15(21)24-6)19(4,5)16(22)25-12-13-10-8-7-9-11-13/h7-11,14H,12H2,1-6H3,(H,20,23). The largest absolute Gasteiger partial charge is 0.467 e. The summed E-state index contributed by atoms with van der Waals surface area (Å²) in [5.41, 5.74) is -1.30. The zero-order valence-corrected chi connectivity index (χ0v) is 16.1. The molecule has 1 N–H and O–H groups in total. The molecule has 0 aliphatic carbocycles. The molecule has 7 heteroatoms. The summed E-state index contributed by atoms with van der Waals surface area (Å²) < 4.78 is 15.2. The van der Waals surface area contributed by atoms with Gasteiger partial charge in [-0.3, -0.25) is 4.79 Å². The average Bonchev–Trinajstić information content (AvgIpc) is 2.56. The quantitative estimate of drug-likeness (QED) is 0.616. The molecule has 0 radical (unpaired) electrons. The predicted molar refractivity (Wildman–Crippen MR) is 95.2 cm³/mol. The average molecular weight is 365 g/mol. The highest BCUT2D eigenvalue weighted by molar-refractivity contribution is 5.90. The summed E-state index contributed by atoms with van der Waals surface area (Å²) in [6, 6.07) is 7.89. The molecule has 1 atom stereocenters. The predicted octanol–water partition coefficient (Wildman–Crippen LogP) is 2.82. The van der Waals surface area contributed by atoms with Gasteiger partial charge in [0.2, 0.25) is 0 Å². The molecule has 0 spiro atoms. The van der Waals surface area contributed by atoms with Gasteiger partial charge in [-0.25, -0.2) is 9.59 Å². The lowest BCUT2D eigenvalue weighted by atomic mass is 9.84. The van der Waals surface area contributed by atoms with Gasteiger partial charge in [-0.15, -0.1) is 0 Å². The lowest BCUT2D eigenvalue weighted by Crippen LogP contribution is -2.55. The summed E-state index contributed by atoms with van der Waals surface area (Å²) in [6.07, 6.45) is -0.822. The smallest absolute Gasteiger partial charge is 0.408 e. The molecular formula is C19H27NO6. The number of hydrogen-bond donors (Lipinski definition) is 1. The summed E-state index contributed by atoms with van der Waals surface area (Å²) in [5.74, 6) is -1.41. The van der Waals surface area contributed by atoms with Crippen molar-refractivity contribution in [1.82, 2.24) is 5.32 Å². The van der Waals surface area contributed by atoms with Crippen molar-refractivity contribution >= 4 is 18.0 Å². The Morgan fingerprint density at radius 2 is 1.62 bits per heavy atom. The summed E-state index contributed by atoms with van der Waals surface area (Å²) >= 11 is 0. The molecule has 144 valence electrons. The lowest BCUT2D eigenvalue weighted by Gasteiger charge is -2.31. The molecule has 0 heterocycles. The van der Waals surface area contributed by atoms with Crippen LogP contribution in [-0.4, -0.2) is 36.8 Å². The molecule has 1 rings (SSSR count). The third kappa shape index (κ3) is 6.38. The monoisotopic (exact) mass is 365 g/mol. The van der Waals surface area contributed by atoms with Gasteiger partial charge in [-0.2, -0.15) is 0 Å². The number of benzene rings is 1. The molecule has 0 fully saturated rings. The van der Waals surface area contributed by atoms with E-state index >= 15 is 0 Å². The Bertz CT molecular complexity index is 633. The maximum absolute atomic E-state index is 12.5. The van der Waals surface area contributed by atoms with Crippen molar-refractivity contribution < 1.29 is 28.6 Å². The van der Waals surface area contributed by atoms with Gasteiger partial charge in [-0.1, -0.05) is 30.3 Å². The minimum Gasteiger partial charge on any atom is -0.467 e.